The van der Waals surface area contributed by atoms with Crippen molar-refractivity contribution < 1.29 is 13.9 Å². The minimum absolute atomic E-state index is 0.103. The highest BCUT2D eigenvalue weighted by molar-refractivity contribution is 9.09. The van der Waals surface area contributed by atoms with Crippen molar-refractivity contribution in [2.24, 2.45) is 0 Å². The topological polar surface area (TPSA) is 52.3 Å². The van der Waals surface area contributed by atoms with E-state index in [1.54, 1.807) is 7.11 Å². The summed E-state index contributed by atoms with van der Waals surface area (Å²) in [4.78, 5) is 15.5. The minimum Gasteiger partial charge on any atom is -0.497 e. The first-order chi connectivity index (χ1) is 8.24. The van der Waals surface area contributed by atoms with E-state index in [1.807, 2.05) is 24.3 Å². The number of oxazole rings is 1. The third-order valence-corrected chi connectivity index (χ3v) is 2.76. The lowest BCUT2D eigenvalue weighted by molar-refractivity contribution is 0.101. The molecule has 0 amide bonds. The molecule has 0 N–H and O–H groups in total. The molecule has 4 nitrogen and oxygen atoms in total. The molecule has 2 aromatic rings. The van der Waals surface area contributed by atoms with Crippen molar-refractivity contribution in [3.8, 4) is 17.2 Å². The van der Waals surface area contributed by atoms with Crippen LogP contribution in [0.25, 0.3) is 11.5 Å². The van der Waals surface area contributed by atoms with Crippen molar-refractivity contribution >= 4 is 21.7 Å². The Bertz CT molecular complexity index is 519. The number of rotatable bonds is 4. The van der Waals surface area contributed by atoms with Gasteiger partial charge in [-0.05, 0) is 24.3 Å². The fraction of sp³-hybridized carbons (Fsp3) is 0.167. The molecule has 0 aliphatic heterocycles. The number of nitrogens with zero attached hydrogens (tertiary/aromatic N) is 1. The number of carbonyl (C=O) groups is 1. The Labute approximate surface area is 107 Å². The molecule has 0 atom stereocenters. The van der Waals surface area contributed by atoms with Gasteiger partial charge in [0.1, 0.15) is 17.7 Å². The van der Waals surface area contributed by atoms with E-state index < -0.39 is 0 Å². The molecule has 0 bridgehead atoms. The molecule has 5 heteroatoms. The molecule has 1 aromatic carbocycles. The zero-order chi connectivity index (χ0) is 12.3. The van der Waals surface area contributed by atoms with E-state index in [-0.39, 0.29) is 11.1 Å². The van der Waals surface area contributed by atoms with E-state index in [0.717, 1.165) is 11.3 Å². The molecule has 2 rings (SSSR count). The normalized spacial score (nSPS) is 10.2. The number of methoxy groups -OCH3 is 1. The smallest absolute Gasteiger partial charge is 0.226 e. The second kappa shape index (κ2) is 5.14. The maximum Gasteiger partial charge on any atom is 0.226 e. The zero-order valence-corrected chi connectivity index (χ0v) is 10.7. The SMILES string of the molecule is COc1ccc(-c2nc(C(=O)CBr)co2)cc1. The van der Waals surface area contributed by atoms with Gasteiger partial charge in [-0.3, -0.25) is 4.79 Å². The Hall–Kier alpha value is -1.62. The molecule has 0 fully saturated rings. The molecule has 0 saturated carbocycles. The van der Waals surface area contributed by atoms with Crippen molar-refractivity contribution in [3.05, 3.63) is 36.2 Å². The molecule has 0 saturated heterocycles. The van der Waals surface area contributed by atoms with Crippen LogP contribution in [0.5, 0.6) is 5.75 Å². The fourth-order valence-corrected chi connectivity index (χ4v) is 1.62. The highest BCUT2D eigenvalue weighted by Crippen LogP contribution is 2.21. The molecule has 0 spiro atoms. The van der Waals surface area contributed by atoms with E-state index in [1.165, 1.54) is 6.26 Å². The second-order valence-corrected chi connectivity index (χ2v) is 3.88. The van der Waals surface area contributed by atoms with Crippen LogP contribution in [0.1, 0.15) is 10.5 Å². The number of ketones is 1. The largest absolute Gasteiger partial charge is 0.497 e. The Balaban J connectivity index is 2.27. The van der Waals surface area contributed by atoms with Crippen LogP contribution in [0.4, 0.5) is 0 Å². The predicted octanol–water partition coefficient (Wildman–Crippen LogP) is 2.93. The number of benzene rings is 1. The number of halogens is 1. The maximum absolute atomic E-state index is 11.4. The van der Waals surface area contributed by atoms with Gasteiger partial charge < -0.3 is 9.15 Å². The van der Waals surface area contributed by atoms with E-state index in [9.17, 15) is 4.79 Å². The summed E-state index contributed by atoms with van der Waals surface area (Å²) in [5.41, 5.74) is 1.13. The third kappa shape index (κ3) is 2.55. The predicted molar refractivity (Wildman–Crippen MR) is 66.6 cm³/mol. The molecule has 1 heterocycles. The number of carbonyl (C=O) groups excluding carboxylic acids is 1. The Morgan fingerprint density at radius 1 is 1.41 bits per heavy atom. The first-order valence-electron chi connectivity index (χ1n) is 4.93. The number of hydrogen-bond donors (Lipinski definition) is 0. The Morgan fingerprint density at radius 3 is 2.71 bits per heavy atom. The maximum atomic E-state index is 11.4. The highest BCUT2D eigenvalue weighted by Gasteiger charge is 2.12. The summed E-state index contributed by atoms with van der Waals surface area (Å²) in [5.74, 6) is 1.09. The monoisotopic (exact) mass is 295 g/mol. The lowest BCUT2D eigenvalue weighted by Crippen LogP contribution is -1.99. The van der Waals surface area contributed by atoms with Gasteiger partial charge in [0.2, 0.25) is 5.89 Å². The van der Waals surface area contributed by atoms with E-state index >= 15 is 0 Å². The Kier molecular flexibility index (Phi) is 3.58. The zero-order valence-electron chi connectivity index (χ0n) is 9.14. The lowest BCUT2D eigenvalue weighted by Gasteiger charge is -1.99. The van der Waals surface area contributed by atoms with Crippen molar-refractivity contribution in [2.75, 3.05) is 12.4 Å². The highest BCUT2D eigenvalue weighted by atomic mass is 79.9. The molecule has 0 aliphatic carbocycles. The van der Waals surface area contributed by atoms with E-state index in [4.69, 9.17) is 9.15 Å². The van der Waals surface area contributed by atoms with Crippen molar-refractivity contribution in [1.29, 1.82) is 0 Å². The number of alkyl halides is 1. The van der Waals surface area contributed by atoms with Gasteiger partial charge in [-0.25, -0.2) is 4.98 Å². The average molecular weight is 296 g/mol. The standard InChI is InChI=1S/C12H10BrNO3/c1-16-9-4-2-8(3-5-9)12-14-10(7-17-12)11(15)6-13/h2-5,7H,6H2,1H3. The summed E-state index contributed by atoms with van der Waals surface area (Å²) >= 11 is 3.09. The minimum atomic E-state index is -0.103. The second-order valence-electron chi connectivity index (χ2n) is 3.32. The van der Waals surface area contributed by atoms with E-state index in [2.05, 4.69) is 20.9 Å². The number of ether oxygens (including phenoxy) is 1. The van der Waals surface area contributed by atoms with Crippen LogP contribution in [0.15, 0.2) is 34.9 Å². The molecule has 0 radical (unpaired) electrons. The summed E-state index contributed by atoms with van der Waals surface area (Å²) in [6, 6.07) is 7.27. The van der Waals surface area contributed by atoms with E-state index in [0.29, 0.717) is 11.6 Å². The van der Waals surface area contributed by atoms with Gasteiger partial charge in [-0.1, -0.05) is 15.9 Å². The van der Waals surface area contributed by atoms with Gasteiger partial charge in [0, 0.05) is 5.56 Å². The molecular weight excluding hydrogens is 286 g/mol. The number of hydrogen-bond acceptors (Lipinski definition) is 4. The van der Waals surface area contributed by atoms with Crippen LogP contribution in [-0.2, 0) is 0 Å². The number of aromatic nitrogens is 1. The van der Waals surface area contributed by atoms with Crippen molar-refractivity contribution in [1.82, 2.24) is 4.98 Å². The molecule has 17 heavy (non-hydrogen) atoms. The van der Waals surface area contributed by atoms with Crippen LogP contribution in [0, 0.1) is 0 Å². The van der Waals surface area contributed by atoms with Gasteiger partial charge in [0.15, 0.2) is 5.78 Å². The van der Waals surface area contributed by atoms with Crippen LogP contribution >= 0.6 is 15.9 Å². The van der Waals surface area contributed by atoms with Crippen molar-refractivity contribution in [2.45, 2.75) is 0 Å². The van der Waals surface area contributed by atoms with Gasteiger partial charge in [-0.2, -0.15) is 0 Å². The summed E-state index contributed by atoms with van der Waals surface area (Å²) < 4.78 is 10.3. The van der Waals surface area contributed by atoms with Gasteiger partial charge in [0.05, 0.1) is 12.4 Å². The summed E-state index contributed by atoms with van der Waals surface area (Å²) in [5, 5.41) is 0.238. The first kappa shape index (κ1) is 11.9. The quantitative estimate of drug-likeness (QED) is 0.643. The van der Waals surface area contributed by atoms with Gasteiger partial charge in [-0.15, -0.1) is 0 Å². The summed E-state index contributed by atoms with van der Waals surface area (Å²) in [6.07, 6.45) is 1.36. The molecule has 1 aromatic heterocycles. The summed E-state index contributed by atoms with van der Waals surface area (Å²) in [6.45, 7) is 0. The fourth-order valence-electron chi connectivity index (χ4n) is 1.34. The molecule has 0 unspecified atom stereocenters. The third-order valence-electron chi connectivity index (χ3n) is 2.25. The van der Waals surface area contributed by atoms with Gasteiger partial charge >= 0.3 is 0 Å². The molecule has 88 valence electrons. The Morgan fingerprint density at radius 2 is 2.12 bits per heavy atom. The number of Topliss-reactive ketones (excluding diaryl/α,β-unsaturated/α-hetero) is 1. The first-order valence-corrected chi connectivity index (χ1v) is 6.06. The van der Waals surface area contributed by atoms with Crippen LogP contribution < -0.4 is 4.74 Å². The van der Waals surface area contributed by atoms with Crippen LogP contribution in [-0.4, -0.2) is 23.2 Å². The average Bonchev–Trinajstić information content (AvgIpc) is 2.87. The lowest BCUT2D eigenvalue weighted by atomic mass is 10.2. The van der Waals surface area contributed by atoms with Gasteiger partial charge in [0.25, 0.3) is 0 Å². The van der Waals surface area contributed by atoms with Crippen molar-refractivity contribution in [3.63, 3.8) is 0 Å². The molecule has 0 aliphatic rings. The summed E-state index contributed by atoms with van der Waals surface area (Å²) in [7, 11) is 1.60. The van der Waals surface area contributed by atoms with Crippen LogP contribution in [0.3, 0.4) is 0 Å². The molecular formula is C12H10BrNO3. The van der Waals surface area contributed by atoms with Crippen LogP contribution in [0.2, 0.25) is 0 Å².